The van der Waals surface area contributed by atoms with E-state index in [-0.39, 0.29) is 179 Å². The van der Waals surface area contributed by atoms with Gasteiger partial charge in [0.25, 0.3) is 0 Å². The average Bonchev–Trinajstić information content (AvgIpc) is 1.64. The molecule has 12 nitrogen and oxygen atoms in total. The predicted octanol–water partition coefficient (Wildman–Crippen LogP) is 39.3. The van der Waals surface area contributed by atoms with Crippen LogP contribution >= 0.6 is 0 Å². The first-order chi connectivity index (χ1) is 63.4. The highest BCUT2D eigenvalue weighted by Crippen LogP contribution is 2.42. The Morgan fingerprint density at radius 3 is 0.648 bits per heavy atom. The van der Waals surface area contributed by atoms with Gasteiger partial charge in [-0.15, -0.1) is 0 Å². The van der Waals surface area contributed by atoms with Crippen LogP contribution in [0.25, 0.3) is 66.8 Å². The molecule has 0 spiro atoms. The van der Waals surface area contributed by atoms with E-state index in [1.807, 2.05) is 230 Å². The van der Waals surface area contributed by atoms with Gasteiger partial charge >= 0.3 is 35.8 Å². The van der Waals surface area contributed by atoms with Crippen molar-refractivity contribution in [1.82, 2.24) is 0 Å². The van der Waals surface area contributed by atoms with Gasteiger partial charge in [-0.1, -0.05) is 454 Å². The van der Waals surface area contributed by atoms with Crippen molar-refractivity contribution in [3.05, 3.63) is 358 Å². The minimum Gasteiger partial charge on any atom is -0.458 e. The maximum atomic E-state index is 12.3. The number of esters is 6. The topological polar surface area (TPSA) is 158 Å². The number of fused-ring (bicyclic) bond motifs is 6. The first-order valence-electron chi connectivity index (χ1n) is 47.7. The highest BCUT2D eigenvalue weighted by atomic mass is 16.6. The third-order valence-corrected chi connectivity index (χ3v) is 26.2. The number of carbonyl (C=O) groups excluding carboxylic acids is 6. The Morgan fingerprint density at radius 1 is 0.228 bits per heavy atom. The monoisotopic (exact) mass is 1980 g/mol. The Labute approximate surface area is 882 Å². The second kappa shape index (κ2) is 65.8. The summed E-state index contributed by atoms with van der Waals surface area (Å²) in [5.74, 6) is -0.916. The molecule has 0 aliphatic heterocycles. The molecule has 0 bridgehead atoms. The number of hydrogen-bond donors (Lipinski definition) is 0. The number of carbonyl (C=O) groups is 6. The van der Waals surface area contributed by atoms with Gasteiger partial charge in [-0.05, 0) is 271 Å². The molecule has 145 heavy (non-hydrogen) atoms. The van der Waals surface area contributed by atoms with Crippen molar-refractivity contribution in [2.75, 3.05) is 0 Å². The molecule has 0 aromatic heterocycles. The number of rotatable bonds is 28. The molecule has 9 atom stereocenters. The van der Waals surface area contributed by atoms with Crippen LogP contribution < -0.4 is 0 Å². The summed E-state index contributed by atoms with van der Waals surface area (Å²) < 4.78 is 33.5. The SMILES string of the molecule is C.C.C.C.C.C.C.C.C.C.C.C.CCC(C)(C)C(=O)OC(C)c1ccc(-c2ccc(C)cc2)cc1.CCC(C)(C)C(=O)OC(C)c1ccc(-c2ccccc2)cc1.CCC(C)(C)C(=O)OC(C)c1ccc2c(c1)Cc1ccccc1-2.CCC(C)C(=O)OC(C)c1ccc(-c2ccc(C)cc2)cc1.CCC(C)C(=O)OC(C)c1ccc(-c2ccccc2)cc1.CCC(C)C(=O)OC(C)c1ccc2c(c1)Cc1ccccc1-2. The molecule has 0 radical (unpaired) electrons. The zero-order chi connectivity index (χ0) is 96.9. The van der Waals surface area contributed by atoms with Crippen LogP contribution in [0.15, 0.2) is 291 Å². The van der Waals surface area contributed by atoms with Crippen LogP contribution in [0.3, 0.4) is 0 Å². The van der Waals surface area contributed by atoms with Gasteiger partial charge in [0.05, 0.1) is 34.0 Å². The van der Waals surface area contributed by atoms with Crippen LogP contribution in [0.5, 0.6) is 0 Å². The molecule has 0 fully saturated rings. The lowest BCUT2D eigenvalue weighted by Crippen LogP contribution is -2.26. The Hall–Kier alpha value is -12.5. The van der Waals surface area contributed by atoms with Gasteiger partial charge in [0, 0.05) is 0 Å². The molecule has 14 rings (SSSR count). The van der Waals surface area contributed by atoms with Gasteiger partial charge in [0.1, 0.15) is 36.6 Å². The lowest BCUT2D eigenvalue weighted by Gasteiger charge is -2.24. The van der Waals surface area contributed by atoms with E-state index in [1.165, 1.54) is 94.6 Å². The van der Waals surface area contributed by atoms with Gasteiger partial charge < -0.3 is 28.4 Å². The Balaban J connectivity index is -0.000000809. The van der Waals surface area contributed by atoms with Crippen LogP contribution in [-0.4, -0.2) is 35.8 Å². The van der Waals surface area contributed by atoms with Crippen LogP contribution in [0.4, 0.5) is 0 Å². The van der Waals surface area contributed by atoms with Gasteiger partial charge in [-0.2, -0.15) is 0 Å². The largest absolute Gasteiger partial charge is 0.458 e. The minimum atomic E-state index is -0.434. The fraction of sp³-hybridized carbons (Fsp3) is 0.414. The minimum absolute atomic E-state index is 0. The van der Waals surface area contributed by atoms with Crippen molar-refractivity contribution in [3.8, 4) is 66.8 Å². The predicted molar refractivity (Wildman–Crippen MR) is 625 cm³/mol. The zero-order valence-electron chi connectivity index (χ0n) is 83.0. The van der Waals surface area contributed by atoms with E-state index in [9.17, 15) is 28.8 Å². The summed E-state index contributed by atoms with van der Waals surface area (Å²) in [6, 6.07) is 100. The number of benzene rings is 12. The molecule has 0 saturated heterocycles. The van der Waals surface area contributed by atoms with E-state index >= 15 is 0 Å². The van der Waals surface area contributed by atoms with Gasteiger partial charge in [-0.3, -0.25) is 28.8 Å². The van der Waals surface area contributed by atoms with Gasteiger partial charge in [0.2, 0.25) is 0 Å². The molecule has 0 heterocycles. The van der Waals surface area contributed by atoms with Crippen molar-refractivity contribution in [2.24, 2.45) is 34.0 Å². The Kier molecular flexibility index (Phi) is 62.9. The summed E-state index contributed by atoms with van der Waals surface area (Å²) in [7, 11) is 0. The molecule has 12 aromatic carbocycles. The molecular formula is C133H190O12. The summed E-state index contributed by atoms with van der Waals surface area (Å²) in [5, 5.41) is 0. The quantitative estimate of drug-likeness (QED) is 0.0338. The molecule has 0 N–H and O–H groups in total. The van der Waals surface area contributed by atoms with Crippen molar-refractivity contribution >= 4 is 35.8 Å². The van der Waals surface area contributed by atoms with Crippen molar-refractivity contribution < 1.29 is 57.2 Å². The Bertz CT molecular complexity index is 5730. The first kappa shape index (κ1) is 139. The van der Waals surface area contributed by atoms with E-state index in [0.29, 0.717) is 0 Å². The molecule has 2 aliphatic carbocycles. The molecule has 794 valence electrons. The van der Waals surface area contributed by atoms with E-state index in [4.69, 9.17) is 28.4 Å². The van der Waals surface area contributed by atoms with Crippen LogP contribution in [0, 0.1) is 47.8 Å². The maximum absolute atomic E-state index is 12.3. The molecular weight excluding hydrogens is 1790 g/mol. The third kappa shape index (κ3) is 39.4. The van der Waals surface area contributed by atoms with Crippen molar-refractivity contribution in [3.63, 3.8) is 0 Å². The fourth-order valence-corrected chi connectivity index (χ4v) is 14.5. The summed E-state index contributed by atoms with van der Waals surface area (Å²) >= 11 is 0. The van der Waals surface area contributed by atoms with E-state index in [1.54, 1.807) is 0 Å². The molecule has 0 saturated carbocycles. The van der Waals surface area contributed by atoms with Crippen LogP contribution in [0.1, 0.15) is 376 Å². The van der Waals surface area contributed by atoms with E-state index < -0.39 is 16.2 Å². The molecule has 0 amide bonds. The van der Waals surface area contributed by atoms with E-state index in [0.717, 1.165) is 90.3 Å². The normalized spacial score (nSPS) is 12.4. The number of ether oxygens (including phenoxy) is 6. The average molecular weight is 1980 g/mol. The fourth-order valence-electron chi connectivity index (χ4n) is 14.5. The molecule has 12 aromatic rings. The lowest BCUT2D eigenvalue weighted by atomic mass is 9.90. The number of hydrogen-bond acceptors (Lipinski definition) is 12. The molecule has 12 heteroatoms. The summed E-state index contributed by atoms with van der Waals surface area (Å²) in [5.41, 5.74) is 27.5. The number of aryl methyl sites for hydroxylation is 2. The second-order valence-electron chi connectivity index (χ2n) is 37.5. The second-order valence-corrected chi connectivity index (χ2v) is 37.5. The third-order valence-electron chi connectivity index (χ3n) is 26.2. The molecule has 2 aliphatic rings. The van der Waals surface area contributed by atoms with Crippen molar-refractivity contribution in [2.45, 2.75) is 336 Å². The van der Waals surface area contributed by atoms with E-state index in [2.05, 4.69) is 220 Å². The van der Waals surface area contributed by atoms with Crippen LogP contribution in [0.2, 0.25) is 0 Å². The summed E-state index contributed by atoms with van der Waals surface area (Å²) in [6.07, 6.45) is 5.34. The molecule has 9 unspecified atom stereocenters. The van der Waals surface area contributed by atoms with Gasteiger partial charge in [0.15, 0.2) is 0 Å². The highest BCUT2D eigenvalue weighted by molar-refractivity contribution is 5.81. The summed E-state index contributed by atoms with van der Waals surface area (Å²) in [4.78, 5) is 72.2. The maximum Gasteiger partial charge on any atom is 0.312 e. The summed E-state index contributed by atoms with van der Waals surface area (Å²) in [6.45, 7) is 45.0. The smallest absolute Gasteiger partial charge is 0.312 e. The van der Waals surface area contributed by atoms with Crippen molar-refractivity contribution in [1.29, 1.82) is 0 Å². The first-order valence-corrected chi connectivity index (χ1v) is 47.7. The lowest BCUT2D eigenvalue weighted by molar-refractivity contribution is -0.160. The van der Waals surface area contributed by atoms with Gasteiger partial charge in [-0.25, -0.2) is 0 Å². The highest BCUT2D eigenvalue weighted by Gasteiger charge is 2.33. The standard InChI is InChI=1S/C21H24O2.C21H26O2.C20H22O2.2C20H24O2.C19H22O2.12CH4/c1-5-21(3,4)20(22)23-14(2)15-10-11-19-17(12-15)13-16-8-6-7-9-18(16)19;1-6-21(4,5)20(22)23-16(3)17-11-13-19(14-12-17)18-9-7-15(2)8-10-18;1-4-13(2)20(21)22-14(3)15-9-10-19-17(11-15)12-16-7-5-6-8-18(16)19;1-5-15(3)20(21)22-16(4)17-10-12-19(13-11-17)18-8-6-14(2)7-9-18;1-5-20(3,4)19(21)22-15(2)16-11-13-18(14-12-16)17-9-7-6-8-10-17;1-4-14(2)19(20)21-15(3)16-10-12-18(13-11-16)17-8-6-5-7-9-17;;;;;;;;;;;;/h6-12,14H,5,13H2,1-4H3;7-14,16H,6H2,1-5H3;5-11,13-14H,4,12H2,1-3H3;6-13,15-16H,5H2,1-4H3;6-15H,5H2,1-4H3;5-15H,4H2,1-3H3;12*1H4. The van der Waals surface area contributed by atoms with Crippen LogP contribution in [-0.2, 0) is 70.0 Å². The zero-order valence-corrected chi connectivity index (χ0v) is 83.0. The Morgan fingerprint density at radius 2 is 0.414 bits per heavy atom.